The molecule has 2 unspecified atom stereocenters. The minimum absolute atomic E-state index is 0.0949. The Kier molecular flexibility index (Phi) is 4.49. The molecule has 1 saturated heterocycles. The van der Waals surface area contributed by atoms with Gasteiger partial charge in [-0.05, 0) is 6.92 Å². The summed E-state index contributed by atoms with van der Waals surface area (Å²) < 4.78 is 9.41. The van der Waals surface area contributed by atoms with Crippen LogP contribution < -0.4 is 10.6 Å². The molecule has 0 aliphatic carbocycles. The van der Waals surface area contributed by atoms with E-state index < -0.39 is 29.6 Å². The Morgan fingerprint density at radius 3 is 2.56 bits per heavy atom. The number of urea groups is 1. The zero-order chi connectivity index (χ0) is 13.8. The highest BCUT2D eigenvalue weighted by atomic mass is 16.5. The number of carboxylic acids is 1. The maximum atomic E-state index is 11.6. The molecule has 2 atom stereocenters. The largest absolute Gasteiger partial charge is 0.479 e. The van der Waals surface area contributed by atoms with Crippen molar-refractivity contribution < 1.29 is 29.0 Å². The second-order valence-electron chi connectivity index (χ2n) is 4.03. The van der Waals surface area contributed by atoms with Crippen molar-refractivity contribution in [1.82, 2.24) is 10.6 Å². The predicted octanol–water partition coefficient (Wildman–Crippen LogP) is -0.909. The Bertz CT molecular complexity index is 350. The van der Waals surface area contributed by atoms with Gasteiger partial charge < -0.3 is 25.2 Å². The number of ether oxygens (including phenoxy) is 2. The summed E-state index contributed by atoms with van der Waals surface area (Å²) in [6.07, 6.45) is 0.183. The molecule has 1 heterocycles. The van der Waals surface area contributed by atoms with Crippen LogP contribution in [-0.4, -0.2) is 55.0 Å². The molecule has 8 heteroatoms. The van der Waals surface area contributed by atoms with Crippen molar-refractivity contribution in [3.63, 3.8) is 0 Å². The Balaban J connectivity index is 2.58. The molecule has 102 valence electrons. The normalized spacial score (nSPS) is 24.1. The van der Waals surface area contributed by atoms with Gasteiger partial charge in [0, 0.05) is 13.0 Å². The standard InChI is InChI=1S/C10H16N2O6/c1-6(7(13)17-2)11-9(16)12-10(8(14)15)3-4-18-5-10/h6H,3-5H2,1-2H3,(H,14,15)(H2,11,12,16). The van der Waals surface area contributed by atoms with Gasteiger partial charge in [0.15, 0.2) is 5.54 Å². The van der Waals surface area contributed by atoms with Gasteiger partial charge in [-0.2, -0.15) is 0 Å². The Morgan fingerprint density at radius 2 is 2.11 bits per heavy atom. The molecule has 1 aliphatic heterocycles. The monoisotopic (exact) mass is 260 g/mol. The van der Waals surface area contributed by atoms with Crippen molar-refractivity contribution >= 4 is 18.0 Å². The lowest BCUT2D eigenvalue weighted by Gasteiger charge is -2.24. The summed E-state index contributed by atoms with van der Waals surface area (Å²) in [6, 6.07) is -1.61. The highest BCUT2D eigenvalue weighted by molar-refractivity contribution is 5.89. The van der Waals surface area contributed by atoms with Crippen LogP contribution in [0.25, 0.3) is 0 Å². The smallest absolute Gasteiger partial charge is 0.332 e. The third-order valence-corrected chi connectivity index (χ3v) is 2.69. The van der Waals surface area contributed by atoms with E-state index in [-0.39, 0.29) is 19.6 Å². The summed E-state index contributed by atoms with van der Waals surface area (Å²) in [5, 5.41) is 13.7. The van der Waals surface area contributed by atoms with Gasteiger partial charge in [0.05, 0.1) is 13.7 Å². The number of carbonyl (C=O) groups excluding carboxylic acids is 2. The lowest BCUT2D eigenvalue weighted by Crippen LogP contribution is -2.59. The molecule has 0 bridgehead atoms. The van der Waals surface area contributed by atoms with Crippen molar-refractivity contribution in [2.75, 3.05) is 20.3 Å². The van der Waals surface area contributed by atoms with Crippen LogP contribution in [0.15, 0.2) is 0 Å². The zero-order valence-corrected chi connectivity index (χ0v) is 10.2. The van der Waals surface area contributed by atoms with E-state index in [1.54, 1.807) is 0 Å². The first-order valence-electron chi connectivity index (χ1n) is 5.39. The fourth-order valence-corrected chi connectivity index (χ4v) is 1.57. The number of rotatable bonds is 4. The van der Waals surface area contributed by atoms with Gasteiger partial charge in [-0.3, -0.25) is 0 Å². The third kappa shape index (κ3) is 3.10. The molecule has 0 aromatic rings. The molecule has 0 saturated carbocycles. The number of esters is 1. The second kappa shape index (κ2) is 5.67. The van der Waals surface area contributed by atoms with E-state index in [9.17, 15) is 14.4 Å². The van der Waals surface area contributed by atoms with Gasteiger partial charge in [-0.1, -0.05) is 0 Å². The highest BCUT2D eigenvalue weighted by Gasteiger charge is 2.44. The molecule has 1 rings (SSSR count). The summed E-state index contributed by atoms with van der Waals surface area (Å²) in [4.78, 5) is 33.8. The quantitative estimate of drug-likeness (QED) is 0.564. The van der Waals surface area contributed by atoms with Crippen LogP contribution >= 0.6 is 0 Å². The van der Waals surface area contributed by atoms with E-state index in [4.69, 9.17) is 9.84 Å². The van der Waals surface area contributed by atoms with Crippen LogP contribution in [-0.2, 0) is 19.1 Å². The van der Waals surface area contributed by atoms with Crippen LogP contribution in [0.4, 0.5) is 4.79 Å². The molecular formula is C10H16N2O6. The molecule has 2 amide bonds. The topological polar surface area (TPSA) is 114 Å². The lowest BCUT2D eigenvalue weighted by molar-refractivity contribution is -0.144. The average Bonchev–Trinajstić information content (AvgIpc) is 2.77. The van der Waals surface area contributed by atoms with Crippen LogP contribution in [0.2, 0.25) is 0 Å². The molecule has 3 N–H and O–H groups in total. The van der Waals surface area contributed by atoms with Crippen molar-refractivity contribution in [3.8, 4) is 0 Å². The number of hydrogen-bond donors (Lipinski definition) is 3. The van der Waals surface area contributed by atoms with Crippen LogP contribution in [0.1, 0.15) is 13.3 Å². The fraction of sp³-hybridized carbons (Fsp3) is 0.700. The van der Waals surface area contributed by atoms with E-state index in [1.807, 2.05) is 0 Å². The van der Waals surface area contributed by atoms with Crippen LogP contribution in [0.5, 0.6) is 0 Å². The van der Waals surface area contributed by atoms with Crippen molar-refractivity contribution in [1.29, 1.82) is 0 Å². The zero-order valence-electron chi connectivity index (χ0n) is 10.2. The van der Waals surface area contributed by atoms with E-state index in [1.165, 1.54) is 14.0 Å². The molecular weight excluding hydrogens is 244 g/mol. The minimum Gasteiger partial charge on any atom is -0.479 e. The molecule has 18 heavy (non-hydrogen) atoms. The van der Waals surface area contributed by atoms with Gasteiger partial charge >= 0.3 is 18.0 Å². The van der Waals surface area contributed by atoms with Crippen molar-refractivity contribution in [3.05, 3.63) is 0 Å². The number of carboxylic acid groups (broad SMARTS) is 1. The van der Waals surface area contributed by atoms with E-state index in [0.29, 0.717) is 0 Å². The van der Waals surface area contributed by atoms with Crippen molar-refractivity contribution in [2.24, 2.45) is 0 Å². The highest BCUT2D eigenvalue weighted by Crippen LogP contribution is 2.18. The first-order chi connectivity index (χ1) is 8.41. The Labute approximate surface area is 104 Å². The van der Waals surface area contributed by atoms with Crippen LogP contribution in [0, 0.1) is 0 Å². The summed E-state index contributed by atoms with van der Waals surface area (Å²) in [7, 11) is 1.20. The summed E-state index contributed by atoms with van der Waals surface area (Å²) in [6.45, 7) is 1.60. The van der Waals surface area contributed by atoms with Gasteiger partial charge in [0.1, 0.15) is 6.04 Å². The molecule has 8 nitrogen and oxygen atoms in total. The lowest BCUT2D eigenvalue weighted by atomic mass is 9.99. The Morgan fingerprint density at radius 1 is 1.44 bits per heavy atom. The number of amides is 2. The fourth-order valence-electron chi connectivity index (χ4n) is 1.57. The molecule has 0 radical (unpaired) electrons. The summed E-state index contributed by atoms with van der Waals surface area (Å²) in [5.74, 6) is -1.78. The van der Waals surface area contributed by atoms with E-state index in [0.717, 1.165) is 0 Å². The van der Waals surface area contributed by atoms with Gasteiger partial charge in [-0.25, -0.2) is 14.4 Å². The Hall–Kier alpha value is -1.83. The third-order valence-electron chi connectivity index (χ3n) is 2.69. The van der Waals surface area contributed by atoms with Gasteiger partial charge in [0.2, 0.25) is 0 Å². The summed E-state index contributed by atoms with van der Waals surface area (Å²) >= 11 is 0. The molecule has 1 fully saturated rings. The van der Waals surface area contributed by atoms with Crippen molar-refractivity contribution in [2.45, 2.75) is 24.9 Å². The van der Waals surface area contributed by atoms with Gasteiger partial charge in [-0.15, -0.1) is 0 Å². The predicted molar refractivity (Wildman–Crippen MR) is 58.9 cm³/mol. The minimum atomic E-state index is -1.43. The maximum Gasteiger partial charge on any atom is 0.332 e. The first-order valence-corrected chi connectivity index (χ1v) is 5.39. The van der Waals surface area contributed by atoms with E-state index in [2.05, 4.69) is 15.4 Å². The number of carbonyl (C=O) groups is 3. The molecule has 0 spiro atoms. The molecule has 0 aromatic carbocycles. The summed E-state index contributed by atoms with van der Waals surface area (Å²) in [5.41, 5.74) is -1.43. The van der Waals surface area contributed by atoms with Crippen LogP contribution in [0.3, 0.4) is 0 Å². The molecule has 0 aromatic heterocycles. The first kappa shape index (κ1) is 14.2. The van der Waals surface area contributed by atoms with E-state index >= 15 is 0 Å². The molecule has 1 aliphatic rings. The number of methoxy groups -OCH3 is 1. The van der Waals surface area contributed by atoms with Gasteiger partial charge in [0.25, 0.3) is 0 Å². The number of nitrogens with one attached hydrogen (secondary N) is 2. The number of aliphatic carboxylic acids is 1. The number of hydrogen-bond acceptors (Lipinski definition) is 5. The second-order valence-corrected chi connectivity index (χ2v) is 4.03. The SMILES string of the molecule is COC(=O)C(C)NC(=O)NC1(C(=O)O)CCOC1. The maximum absolute atomic E-state index is 11.6. The average molecular weight is 260 g/mol.